The highest BCUT2D eigenvalue weighted by Gasteiger charge is 2.27. The van der Waals surface area contributed by atoms with E-state index in [0.717, 1.165) is 53.6 Å². The summed E-state index contributed by atoms with van der Waals surface area (Å²) in [6.45, 7) is 7.56. The van der Waals surface area contributed by atoms with Crippen LogP contribution in [0.1, 0.15) is 68.9 Å². The summed E-state index contributed by atoms with van der Waals surface area (Å²) in [4.78, 5) is 34.9. The Morgan fingerprint density at radius 1 is 1.11 bits per heavy atom. The zero-order chi connectivity index (χ0) is 26.5. The molecule has 2 aromatic carbocycles. The lowest BCUT2D eigenvalue weighted by Crippen LogP contribution is -2.40. The number of fused-ring (bicyclic) bond motifs is 1. The number of carbonyl (C=O) groups excluding carboxylic acids is 3. The van der Waals surface area contributed by atoms with Crippen LogP contribution in [0.3, 0.4) is 0 Å². The molecular formula is C26H31N3O5S2. The molecule has 1 aliphatic rings. The molecule has 10 heteroatoms. The van der Waals surface area contributed by atoms with Crippen molar-refractivity contribution < 1.29 is 22.8 Å². The van der Waals surface area contributed by atoms with Gasteiger partial charge in [0.15, 0.2) is 5.01 Å². The van der Waals surface area contributed by atoms with Crippen LogP contribution >= 0.6 is 11.3 Å². The largest absolute Gasteiger partial charge is 0.373 e. The summed E-state index contributed by atoms with van der Waals surface area (Å²) >= 11 is 1.39. The van der Waals surface area contributed by atoms with Crippen LogP contribution in [-0.4, -0.2) is 37.0 Å². The first-order valence-corrected chi connectivity index (χ1v) is 14.2. The van der Waals surface area contributed by atoms with Gasteiger partial charge in [-0.2, -0.15) is 9.59 Å². The van der Waals surface area contributed by atoms with E-state index >= 15 is 0 Å². The average Bonchev–Trinajstić information content (AvgIpc) is 3.18. The number of nitrogens with zero attached hydrogens (tertiary/aromatic N) is 1. The van der Waals surface area contributed by atoms with E-state index in [1.54, 1.807) is 6.07 Å². The van der Waals surface area contributed by atoms with E-state index in [1.165, 1.54) is 11.3 Å². The molecule has 0 atom stereocenters. The van der Waals surface area contributed by atoms with E-state index < -0.39 is 15.6 Å². The molecule has 192 valence electrons. The summed E-state index contributed by atoms with van der Waals surface area (Å²) in [5.41, 5.74) is 1.20. The number of hydrogen-bond donors (Lipinski definition) is 2. The standard InChI is InChI=1S/C25H31N3O3S2.CO2/c1-5-9-20-22(32-24(27-20)23(29)26-16-10-8-11-16)19-14-15-21(18-13-7-6-12-17(18)19)33(30,31)28-25(2,3)4;2-1-3/h6-7,12-16,28H,5,8-11H2,1-4H3,(H,26,29);. The first-order chi connectivity index (χ1) is 17.0. The van der Waals surface area contributed by atoms with Crippen molar-refractivity contribution in [2.24, 2.45) is 0 Å². The number of rotatable bonds is 7. The minimum atomic E-state index is -3.71. The second-order valence-electron chi connectivity index (χ2n) is 9.74. The molecule has 0 bridgehead atoms. The van der Waals surface area contributed by atoms with E-state index in [1.807, 2.05) is 51.1 Å². The van der Waals surface area contributed by atoms with Crippen LogP contribution in [0.2, 0.25) is 0 Å². The number of nitrogens with one attached hydrogen (secondary N) is 2. The number of thiazole rings is 1. The molecule has 0 saturated heterocycles. The van der Waals surface area contributed by atoms with Gasteiger partial charge in [0.1, 0.15) is 0 Å². The quantitative estimate of drug-likeness (QED) is 0.458. The van der Waals surface area contributed by atoms with Crippen LogP contribution in [0.4, 0.5) is 0 Å². The molecule has 8 nitrogen and oxygen atoms in total. The first-order valence-electron chi connectivity index (χ1n) is 11.9. The number of benzene rings is 2. The van der Waals surface area contributed by atoms with Crippen LogP contribution in [0.25, 0.3) is 21.2 Å². The minimum Gasteiger partial charge on any atom is -0.347 e. The lowest BCUT2D eigenvalue weighted by Gasteiger charge is -2.25. The maximum absolute atomic E-state index is 13.1. The summed E-state index contributed by atoms with van der Waals surface area (Å²) in [5.74, 6) is -0.119. The smallest absolute Gasteiger partial charge is 0.347 e. The molecule has 1 saturated carbocycles. The summed E-state index contributed by atoms with van der Waals surface area (Å²) in [7, 11) is -3.71. The van der Waals surface area contributed by atoms with Gasteiger partial charge < -0.3 is 5.32 Å². The molecule has 3 aromatic rings. The highest BCUT2D eigenvalue weighted by molar-refractivity contribution is 7.89. The van der Waals surface area contributed by atoms with Gasteiger partial charge in [0.25, 0.3) is 5.91 Å². The highest BCUT2D eigenvalue weighted by atomic mass is 32.2. The van der Waals surface area contributed by atoms with Crippen molar-refractivity contribution in [2.75, 3.05) is 0 Å². The Morgan fingerprint density at radius 3 is 2.31 bits per heavy atom. The average molecular weight is 530 g/mol. The second-order valence-corrected chi connectivity index (χ2v) is 12.4. The van der Waals surface area contributed by atoms with Crippen molar-refractivity contribution in [1.29, 1.82) is 0 Å². The van der Waals surface area contributed by atoms with Crippen molar-refractivity contribution in [2.45, 2.75) is 76.3 Å². The van der Waals surface area contributed by atoms with Crippen molar-refractivity contribution >= 4 is 44.2 Å². The van der Waals surface area contributed by atoms with E-state index in [9.17, 15) is 13.2 Å². The monoisotopic (exact) mass is 529 g/mol. The highest BCUT2D eigenvalue weighted by Crippen LogP contribution is 2.38. The van der Waals surface area contributed by atoms with Gasteiger partial charge in [0.2, 0.25) is 10.0 Å². The Morgan fingerprint density at radius 2 is 1.75 bits per heavy atom. The maximum atomic E-state index is 13.1. The van der Waals surface area contributed by atoms with Crippen molar-refractivity contribution in [3.8, 4) is 10.4 Å². The third kappa shape index (κ3) is 6.44. The molecule has 0 spiro atoms. The molecular weight excluding hydrogens is 498 g/mol. The van der Waals surface area contributed by atoms with Gasteiger partial charge >= 0.3 is 6.15 Å². The van der Waals surface area contributed by atoms with Gasteiger partial charge in [-0.05, 0) is 57.9 Å². The summed E-state index contributed by atoms with van der Waals surface area (Å²) in [6, 6.07) is 11.3. The minimum absolute atomic E-state index is 0.119. The van der Waals surface area contributed by atoms with E-state index in [4.69, 9.17) is 14.6 Å². The number of sulfonamides is 1. The lowest BCUT2D eigenvalue weighted by atomic mass is 9.93. The van der Waals surface area contributed by atoms with E-state index in [0.29, 0.717) is 10.4 Å². The van der Waals surface area contributed by atoms with Gasteiger partial charge in [-0.1, -0.05) is 43.7 Å². The molecule has 1 aliphatic carbocycles. The fraction of sp³-hybridized carbons (Fsp3) is 0.423. The van der Waals surface area contributed by atoms with Crippen LogP contribution in [0.15, 0.2) is 41.3 Å². The predicted molar refractivity (Wildman–Crippen MR) is 139 cm³/mol. The van der Waals surface area contributed by atoms with Crippen molar-refractivity contribution in [1.82, 2.24) is 15.0 Å². The normalized spacial score (nSPS) is 13.9. The Hall–Kier alpha value is -2.91. The van der Waals surface area contributed by atoms with E-state index in [-0.39, 0.29) is 23.0 Å². The Bertz CT molecular complexity index is 1380. The first kappa shape index (κ1) is 27.7. The van der Waals surface area contributed by atoms with Gasteiger partial charge in [0, 0.05) is 22.5 Å². The van der Waals surface area contributed by atoms with E-state index in [2.05, 4.69) is 17.0 Å². The molecule has 1 heterocycles. The third-order valence-corrected chi connectivity index (χ3v) is 8.62. The van der Waals surface area contributed by atoms with Crippen molar-refractivity contribution in [3.05, 3.63) is 47.1 Å². The summed E-state index contributed by atoms with van der Waals surface area (Å²) < 4.78 is 29.0. The van der Waals surface area contributed by atoms with Gasteiger partial charge in [-0.15, -0.1) is 11.3 Å². The molecule has 2 N–H and O–H groups in total. The number of amides is 1. The van der Waals surface area contributed by atoms with Crippen LogP contribution in [0.5, 0.6) is 0 Å². The van der Waals surface area contributed by atoms with Crippen LogP contribution in [0, 0.1) is 0 Å². The number of hydrogen-bond acceptors (Lipinski definition) is 7. The third-order valence-electron chi connectivity index (χ3n) is 5.68. The van der Waals surface area contributed by atoms with Crippen molar-refractivity contribution in [3.63, 3.8) is 0 Å². The zero-order valence-electron chi connectivity index (χ0n) is 20.9. The van der Waals surface area contributed by atoms with Crippen LogP contribution in [-0.2, 0) is 26.0 Å². The number of carbonyl (C=O) groups is 1. The molecule has 0 unspecified atom stereocenters. The summed E-state index contributed by atoms with van der Waals surface area (Å²) in [5, 5.41) is 5.03. The second kappa shape index (κ2) is 11.4. The Balaban J connectivity index is 0.00000115. The zero-order valence-corrected chi connectivity index (χ0v) is 22.5. The summed E-state index contributed by atoms with van der Waals surface area (Å²) in [6.07, 6.45) is 5.10. The SMILES string of the molecule is CCCc1nc(C(=O)NC2CCC2)sc1-c1ccc(S(=O)(=O)NC(C)(C)C)c2ccccc12.O=C=O. The Labute approximate surface area is 215 Å². The molecule has 0 radical (unpaired) electrons. The molecule has 1 amide bonds. The lowest BCUT2D eigenvalue weighted by molar-refractivity contribution is -0.191. The fourth-order valence-electron chi connectivity index (χ4n) is 4.03. The number of aryl methyl sites for hydroxylation is 1. The fourth-order valence-corrected chi connectivity index (χ4v) is 6.71. The molecule has 36 heavy (non-hydrogen) atoms. The molecule has 4 rings (SSSR count). The number of aromatic nitrogens is 1. The molecule has 1 fully saturated rings. The van der Waals surface area contributed by atoms with Crippen LogP contribution < -0.4 is 10.0 Å². The van der Waals surface area contributed by atoms with Gasteiger partial charge in [0.05, 0.1) is 15.5 Å². The predicted octanol–water partition coefficient (Wildman–Crippen LogP) is 4.69. The van der Waals surface area contributed by atoms with Gasteiger partial charge in [-0.3, -0.25) is 4.79 Å². The maximum Gasteiger partial charge on any atom is 0.373 e. The Kier molecular flexibility index (Phi) is 8.79. The van der Waals surface area contributed by atoms with Gasteiger partial charge in [-0.25, -0.2) is 18.1 Å². The molecule has 0 aliphatic heterocycles. The topological polar surface area (TPSA) is 122 Å². The molecule has 1 aromatic heterocycles.